The molecule has 0 saturated carbocycles. The van der Waals surface area contributed by atoms with Crippen LogP contribution in [0.5, 0.6) is 0 Å². The highest BCUT2D eigenvalue weighted by Crippen LogP contribution is 2.21. The van der Waals surface area contributed by atoms with Crippen LogP contribution < -0.4 is 10.2 Å². The van der Waals surface area contributed by atoms with E-state index in [1.54, 1.807) is 17.2 Å². The van der Waals surface area contributed by atoms with Gasteiger partial charge in [-0.05, 0) is 31.4 Å². The largest absolute Gasteiger partial charge is 0.353 e. The molecule has 0 unspecified atom stereocenters. The molecule has 2 aliphatic rings. The van der Waals surface area contributed by atoms with Crippen molar-refractivity contribution in [3.63, 3.8) is 0 Å². The van der Waals surface area contributed by atoms with Crippen LogP contribution in [0.3, 0.4) is 0 Å². The van der Waals surface area contributed by atoms with Crippen molar-refractivity contribution in [2.45, 2.75) is 37.4 Å². The van der Waals surface area contributed by atoms with Crippen LogP contribution in [-0.2, 0) is 4.79 Å². The second kappa shape index (κ2) is 7.99. The average Bonchev–Trinajstić information content (AvgIpc) is 3.34. The van der Waals surface area contributed by atoms with Crippen LogP contribution in [0.1, 0.15) is 24.8 Å². The van der Waals surface area contributed by atoms with Crippen LogP contribution in [0.4, 0.5) is 5.82 Å². The summed E-state index contributed by atoms with van der Waals surface area (Å²) in [5, 5.41) is 21.2. The molecular weight excluding hydrogens is 328 g/mol. The highest BCUT2D eigenvalue weighted by Gasteiger charge is 2.29. The number of anilines is 1. The van der Waals surface area contributed by atoms with Gasteiger partial charge in [-0.1, -0.05) is 12.2 Å². The number of likely N-dealkylation sites (tertiary alicyclic amines) is 1. The van der Waals surface area contributed by atoms with Gasteiger partial charge in [0.15, 0.2) is 0 Å². The van der Waals surface area contributed by atoms with E-state index >= 15 is 0 Å². The second-order valence-corrected chi connectivity index (χ2v) is 6.68. The number of nitrogens with zero attached hydrogens (tertiary/aromatic N) is 5. The number of hydrogen-bond acceptors (Lipinski definition) is 6. The van der Waals surface area contributed by atoms with Crippen molar-refractivity contribution in [1.82, 2.24) is 15.2 Å². The van der Waals surface area contributed by atoms with Gasteiger partial charge in [0.2, 0.25) is 5.91 Å². The Bertz CT molecular complexity index is 760. The molecule has 7 nitrogen and oxygen atoms in total. The van der Waals surface area contributed by atoms with Gasteiger partial charge in [0.1, 0.15) is 17.9 Å². The molecule has 0 bridgehead atoms. The molecule has 1 N–H and O–H groups in total. The van der Waals surface area contributed by atoms with Crippen LogP contribution in [0.15, 0.2) is 30.5 Å². The number of amides is 1. The standard InChI is InChI=1S/C19H22N6O/c1-24(18-7-4-14(10-20)12-23-18)16-6-5-15(9-16)22-13-19(26)25-8-2-3-17(25)11-21/h4-7,12,15-17,22H,2-3,8-9,13H2,1H3/t15-,16+,17+/m1/s1. The zero-order valence-electron chi connectivity index (χ0n) is 14.8. The lowest BCUT2D eigenvalue weighted by atomic mass is 10.2. The van der Waals surface area contributed by atoms with E-state index in [1.807, 2.05) is 13.1 Å². The summed E-state index contributed by atoms with van der Waals surface area (Å²) in [4.78, 5) is 20.4. The Morgan fingerprint density at radius 2 is 2.27 bits per heavy atom. The fraction of sp³-hybridized carbons (Fsp3) is 0.474. The van der Waals surface area contributed by atoms with Crippen molar-refractivity contribution in [2.75, 3.05) is 25.0 Å². The summed E-state index contributed by atoms with van der Waals surface area (Å²) < 4.78 is 0. The Labute approximate surface area is 153 Å². The maximum absolute atomic E-state index is 12.3. The first-order valence-corrected chi connectivity index (χ1v) is 8.82. The third kappa shape index (κ3) is 3.84. The van der Waals surface area contributed by atoms with E-state index in [1.165, 1.54) is 0 Å². The van der Waals surface area contributed by atoms with Gasteiger partial charge < -0.3 is 15.1 Å². The Balaban J connectivity index is 1.49. The number of hydrogen-bond donors (Lipinski definition) is 1. The zero-order valence-corrected chi connectivity index (χ0v) is 14.8. The summed E-state index contributed by atoms with van der Waals surface area (Å²) in [7, 11) is 1.97. The summed E-state index contributed by atoms with van der Waals surface area (Å²) in [6.07, 6.45) is 8.27. The van der Waals surface area contributed by atoms with Gasteiger partial charge in [0.25, 0.3) is 0 Å². The van der Waals surface area contributed by atoms with E-state index < -0.39 is 0 Å². The first kappa shape index (κ1) is 17.9. The Hall–Kier alpha value is -2.90. The summed E-state index contributed by atoms with van der Waals surface area (Å²) >= 11 is 0. The molecular formula is C19H22N6O. The average molecular weight is 350 g/mol. The van der Waals surface area contributed by atoms with Crippen LogP contribution in [0, 0.1) is 22.7 Å². The van der Waals surface area contributed by atoms with E-state index in [-0.39, 0.29) is 30.6 Å². The van der Waals surface area contributed by atoms with E-state index in [0.29, 0.717) is 12.1 Å². The number of rotatable bonds is 5. The van der Waals surface area contributed by atoms with Crippen LogP contribution in [0.2, 0.25) is 0 Å². The normalized spacial score (nSPS) is 24.3. The first-order chi connectivity index (χ1) is 12.6. The third-order valence-electron chi connectivity index (χ3n) is 5.03. The molecule has 1 fully saturated rings. The van der Waals surface area contributed by atoms with Gasteiger partial charge in [-0.3, -0.25) is 4.79 Å². The SMILES string of the molecule is CN(c1ccc(C#N)cn1)[C@H]1C=C[C@@H](NCC(=O)N2CCC[C@H]2C#N)C1. The minimum atomic E-state index is -0.273. The highest BCUT2D eigenvalue weighted by atomic mass is 16.2. The fourth-order valence-corrected chi connectivity index (χ4v) is 3.47. The molecule has 1 aromatic rings. The molecule has 134 valence electrons. The Morgan fingerprint density at radius 1 is 1.42 bits per heavy atom. The molecule has 0 radical (unpaired) electrons. The van der Waals surface area contributed by atoms with Crippen LogP contribution >= 0.6 is 0 Å². The molecule has 3 rings (SSSR count). The highest BCUT2D eigenvalue weighted by molar-refractivity contribution is 5.79. The number of carbonyl (C=O) groups excluding carboxylic acids is 1. The Kier molecular flexibility index (Phi) is 5.50. The molecule has 2 heterocycles. The predicted molar refractivity (Wildman–Crippen MR) is 97.0 cm³/mol. The lowest BCUT2D eigenvalue weighted by Crippen LogP contribution is -2.43. The van der Waals surface area contributed by atoms with Crippen molar-refractivity contribution in [1.29, 1.82) is 10.5 Å². The van der Waals surface area contributed by atoms with Gasteiger partial charge in [-0.15, -0.1) is 0 Å². The number of aromatic nitrogens is 1. The maximum Gasteiger partial charge on any atom is 0.237 e. The molecule has 1 saturated heterocycles. The van der Waals surface area contributed by atoms with Crippen molar-refractivity contribution >= 4 is 11.7 Å². The number of likely N-dealkylation sites (N-methyl/N-ethyl adjacent to an activating group) is 1. The number of nitriles is 2. The smallest absolute Gasteiger partial charge is 0.237 e. The van der Waals surface area contributed by atoms with Crippen molar-refractivity contribution < 1.29 is 4.79 Å². The molecule has 1 aliphatic heterocycles. The molecule has 26 heavy (non-hydrogen) atoms. The monoisotopic (exact) mass is 350 g/mol. The van der Waals surface area contributed by atoms with E-state index in [0.717, 1.165) is 25.1 Å². The lowest BCUT2D eigenvalue weighted by molar-refractivity contribution is -0.130. The van der Waals surface area contributed by atoms with Gasteiger partial charge in [-0.25, -0.2) is 4.98 Å². The first-order valence-electron chi connectivity index (χ1n) is 8.82. The summed E-state index contributed by atoms with van der Waals surface area (Å²) in [6, 6.07) is 7.89. The lowest BCUT2D eigenvalue weighted by Gasteiger charge is -2.26. The fourth-order valence-electron chi connectivity index (χ4n) is 3.47. The summed E-state index contributed by atoms with van der Waals surface area (Å²) in [6.45, 7) is 0.924. The molecule has 1 aromatic heterocycles. The van der Waals surface area contributed by atoms with Crippen molar-refractivity contribution in [3.05, 3.63) is 36.0 Å². The number of carbonyl (C=O) groups is 1. The molecule has 3 atom stereocenters. The van der Waals surface area contributed by atoms with Gasteiger partial charge in [-0.2, -0.15) is 10.5 Å². The molecule has 0 aromatic carbocycles. The molecule has 1 amide bonds. The van der Waals surface area contributed by atoms with E-state index in [2.05, 4.69) is 39.5 Å². The topological polar surface area (TPSA) is 96.1 Å². The van der Waals surface area contributed by atoms with Gasteiger partial charge in [0.05, 0.1) is 24.2 Å². The second-order valence-electron chi connectivity index (χ2n) is 6.68. The molecule has 7 heteroatoms. The quantitative estimate of drug-likeness (QED) is 0.802. The Morgan fingerprint density at radius 3 is 2.96 bits per heavy atom. The maximum atomic E-state index is 12.3. The summed E-state index contributed by atoms with van der Waals surface area (Å²) in [5.41, 5.74) is 0.541. The third-order valence-corrected chi connectivity index (χ3v) is 5.03. The van der Waals surface area contributed by atoms with Crippen molar-refractivity contribution in [2.24, 2.45) is 0 Å². The van der Waals surface area contributed by atoms with E-state index in [9.17, 15) is 4.79 Å². The van der Waals surface area contributed by atoms with Gasteiger partial charge >= 0.3 is 0 Å². The van der Waals surface area contributed by atoms with E-state index in [4.69, 9.17) is 10.5 Å². The molecule has 0 spiro atoms. The van der Waals surface area contributed by atoms with Gasteiger partial charge in [0, 0.05) is 25.8 Å². The minimum absolute atomic E-state index is 0.00647. The molecule has 1 aliphatic carbocycles. The number of nitrogens with one attached hydrogen (secondary N) is 1. The summed E-state index contributed by atoms with van der Waals surface area (Å²) in [5.74, 6) is 0.803. The number of pyridine rings is 1. The van der Waals surface area contributed by atoms with Crippen LogP contribution in [-0.4, -0.2) is 54.1 Å². The van der Waals surface area contributed by atoms with Crippen LogP contribution in [0.25, 0.3) is 0 Å². The minimum Gasteiger partial charge on any atom is -0.353 e. The zero-order chi connectivity index (χ0) is 18.5. The van der Waals surface area contributed by atoms with Crippen molar-refractivity contribution in [3.8, 4) is 12.1 Å². The predicted octanol–water partition coefficient (Wildman–Crippen LogP) is 1.19.